The Hall–Kier alpha value is -0.820. The summed E-state index contributed by atoms with van der Waals surface area (Å²) in [4.78, 5) is 0. The summed E-state index contributed by atoms with van der Waals surface area (Å²) in [6, 6.07) is 7.61. The Bertz CT molecular complexity index is 343. The molecule has 0 heterocycles. The van der Waals surface area contributed by atoms with Crippen LogP contribution in [0.25, 0.3) is 0 Å². The summed E-state index contributed by atoms with van der Waals surface area (Å²) in [5.41, 5.74) is 4.41. The van der Waals surface area contributed by atoms with Crippen LogP contribution in [0.3, 0.4) is 0 Å². The summed E-state index contributed by atoms with van der Waals surface area (Å²) in [5, 5.41) is 3.39. The van der Waals surface area contributed by atoms with Crippen molar-refractivity contribution in [2.45, 2.75) is 45.1 Å². The third-order valence-corrected chi connectivity index (χ3v) is 3.71. The zero-order valence-electron chi connectivity index (χ0n) is 10.0. The number of rotatable bonds is 2. The van der Waals surface area contributed by atoms with Crippen molar-refractivity contribution in [3.63, 3.8) is 0 Å². The van der Waals surface area contributed by atoms with Crippen LogP contribution in [-0.4, -0.2) is 13.1 Å². The first-order valence-electron chi connectivity index (χ1n) is 5.95. The molecule has 0 radical (unpaired) electrons. The maximum atomic E-state index is 3.39. The average molecular weight is 203 g/mol. The van der Waals surface area contributed by atoms with Crippen LogP contribution in [0.2, 0.25) is 0 Å². The van der Waals surface area contributed by atoms with Crippen LogP contribution in [0.1, 0.15) is 41.9 Å². The lowest BCUT2D eigenvalue weighted by molar-refractivity contribution is 0.571. The Kier molecular flexibility index (Phi) is 3.11. The van der Waals surface area contributed by atoms with Gasteiger partial charge in [-0.15, -0.1) is 0 Å². The van der Waals surface area contributed by atoms with Gasteiger partial charge in [-0.2, -0.15) is 0 Å². The SMILES string of the molecule is CNC1CCC(c2ccc(C)cc2C)C1. The summed E-state index contributed by atoms with van der Waals surface area (Å²) in [6.07, 6.45) is 3.98. The largest absolute Gasteiger partial charge is 0.317 e. The fraction of sp³-hybridized carbons (Fsp3) is 0.571. The van der Waals surface area contributed by atoms with E-state index in [9.17, 15) is 0 Å². The van der Waals surface area contributed by atoms with Crippen LogP contribution in [0.15, 0.2) is 18.2 Å². The second-order valence-corrected chi connectivity index (χ2v) is 4.86. The summed E-state index contributed by atoms with van der Waals surface area (Å²) in [6.45, 7) is 4.41. The molecule has 15 heavy (non-hydrogen) atoms. The Morgan fingerprint density at radius 2 is 2.00 bits per heavy atom. The van der Waals surface area contributed by atoms with E-state index in [4.69, 9.17) is 0 Å². The molecule has 0 aliphatic heterocycles. The van der Waals surface area contributed by atoms with E-state index in [1.165, 1.54) is 30.4 Å². The molecular formula is C14H21N. The van der Waals surface area contributed by atoms with Crippen molar-refractivity contribution >= 4 is 0 Å². The van der Waals surface area contributed by atoms with Gasteiger partial charge >= 0.3 is 0 Å². The number of nitrogens with one attached hydrogen (secondary N) is 1. The van der Waals surface area contributed by atoms with Crippen LogP contribution in [-0.2, 0) is 0 Å². The zero-order chi connectivity index (χ0) is 10.8. The third kappa shape index (κ3) is 2.23. The molecule has 2 atom stereocenters. The van der Waals surface area contributed by atoms with Crippen molar-refractivity contribution in [2.24, 2.45) is 0 Å². The zero-order valence-corrected chi connectivity index (χ0v) is 10.0. The molecule has 1 heteroatoms. The van der Waals surface area contributed by atoms with Crippen LogP contribution >= 0.6 is 0 Å². The minimum atomic E-state index is 0.732. The normalized spacial score (nSPS) is 25.8. The van der Waals surface area contributed by atoms with Gasteiger partial charge in [0.05, 0.1) is 0 Å². The van der Waals surface area contributed by atoms with Crippen molar-refractivity contribution in [2.75, 3.05) is 7.05 Å². The molecule has 0 spiro atoms. The van der Waals surface area contributed by atoms with Gasteiger partial charge < -0.3 is 5.32 Å². The first-order valence-corrected chi connectivity index (χ1v) is 5.95. The number of benzene rings is 1. The summed E-state index contributed by atoms with van der Waals surface area (Å²) < 4.78 is 0. The number of hydrogen-bond acceptors (Lipinski definition) is 1. The van der Waals surface area contributed by atoms with Crippen molar-refractivity contribution in [3.05, 3.63) is 34.9 Å². The van der Waals surface area contributed by atoms with Crippen LogP contribution < -0.4 is 5.32 Å². The minimum Gasteiger partial charge on any atom is -0.317 e. The fourth-order valence-corrected chi connectivity index (χ4v) is 2.81. The minimum absolute atomic E-state index is 0.732. The molecule has 1 fully saturated rings. The first kappa shape index (κ1) is 10.7. The molecule has 1 N–H and O–H groups in total. The topological polar surface area (TPSA) is 12.0 Å². The first-order chi connectivity index (χ1) is 7.20. The molecular weight excluding hydrogens is 182 g/mol. The molecule has 82 valence electrons. The predicted octanol–water partition coefficient (Wildman–Crippen LogP) is 3.16. The van der Waals surface area contributed by atoms with Gasteiger partial charge in [0.15, 0.2) is 0 Å². The Balaban J connectivity index is 2.17. The molecule has 0 amide bonds. The molecule has 0 aromatic heterocycles. The van der Waals surface area contributed by atoms with Gasteiger partial charge in [0.1, 0.15) is 0 Å². The van der Waals surface area contributed by atoms with Crippen LogP contribution in [0.4, 0.5) is 0 Å². The van der Waals surface area contributed by atoms with Crippen LogP contribution in [0.5, 0.6) is 0 Å². The monoisotopic (exact) mass is 203 g/mol. The van der Waals surface area contributed by atoms with Gasteiger partial charge in [0, 0.05) is 6.04 Å². The highest BCUT2D eigenvalue weighted by atomic mass is 14.9. The van der Waals surface area contributed by atoms with Gasteiger partial charge in [-0.05, 0) is 57.2 Å². The van der Waals surface area contributed by atoms with Crippen molar-refractivity contribution < 1.29 is 0 Å². The third-order valence-electron chi connectivity index (χ3n) is 3.71. The maximum Gasteiger partial charge on any atom is 0.00701 e. The number of hydrogen-bond donors (Lipinski definition) is 1. The van der Waals surface area contributed by atoms with Crippen molar-refractivity contribution in [1.29, 1.82) is 0 Å². The lowest BCUT2D eigenvalue weighted by atomic mass is 9.92. The van der Waals surface area contributed by atoms with Crippen molar-refractivity contribution in [3.8, 4) is 0 Å². The van der Waals surface area contributed by atoms with Gasteiger partial charge in [0.2, 0.25) is 0 Å². The van der Waals surface area contributed by atoms with Gasteiger partial charge in [0.25, 0.3) is 0 Å². The molecule has 2 rings (SSSR count). The highest BCUT2D eigenvalue weighted by Gasteiger charge is 2.25. The molecule has 0 bridgehead atoms. The second-order valence-electron chi connectivity index (χ2n) is 4.86. The highest BCUT2D eigenvalue weighted by molar-refractivity contribution is 5.33. The molecule has 1 aromatic carbocycles. The van der Waals surface area contributed by atoms with Gasteiger partial charge in [-0.3, -0.25) is 0 Å². The highest BCUT2D eigenvalue weighted by Crippen LogP contribution is 2.35. The molecule has 1 nitrogen and oxygen atoms in total. The predicted molar refractivity (Wildman–Crippen MR) is 65.4 cm³/mol. The van der Waals surface area contributed by atoms with E-state index >= 15 is 0 Å². The summed E-state index contributed by atoms with van der Waals surface area (Å²) in [5.74, 6) is 0.781. The maximum absolute atomic E-state index is 3.39. The Labute approximate surface area is 92.9 Å². The van der Waals surface area contributed by atoms with Gasteiger partial charge in [-0.25, -0.2) is 0 Å². The molecule has 2 unspecified atom stereocenters. The molecule has 1 aliphatic carbocycles. The second kappa shape index (κ2) is 4.36. The quantitative estimate of drug-likeness (QED) is 0.778. The smallest absolute Gasteiger partial charge is 0.00701 e. The molecule has 1 aliphatic rings. The van der Waals surface area contributed by atoms with E-state index in [-0.39, 0.29) is 0 Å². The summed E-state index contributed by atoms with van der Waals surface area (Å²) >= 11 is 0. The van der Waals surface area contributed by atoms with E-state index in [1.54, 1.807) is 5.56 Å². The van der Waals surface area contributed by atoms with Gasteiger partial charge in [-0.1, -0.05) is 23.8 Å². The van der Waals surface area contributed by atoms with E-state index < -0.39 is 0 Å². The van der Waals surface area contributed by atoms with Crippen LogP contribution in [0, 0.1) is 13.8 Å². The van der Waals surface area contributed by atoms with E-state index in [0.717, 1.165) is 12.0 Å². The Morgan fingerprint density at radius 1 is 1.20 bits per heavy atom. The lowest BCUT2D eigenvalue weighted by Gasteiger charge is -2.14. The molecule has 1 aromatic rings. The average Bonchev–Trinajstić information content (AvgIpc) is 2.66. The molecule has 0 saturated heterocycles. The number of aryl methyl sites for hydroxylation is 2. The standard InChI is InChI=1S/C14H21N/c1-10-4-7-14(11(2)8-10)12-5-6-13(9-12)15-3/h4,7-8,12-13,15H,5-6,9H2,1-3H3. The molecule has 1 saturated carbocycles. The summed E-state index contributed by atoms with van der Waals surface area (Å²) in [7, 11) is 2.08. The van der Waals surface area contributed by atoms with E-state index in [1.807, 2.05) is 0 Å². The lowest BCUT2D eigenvalue weighted by Crippen LogP contribution is -2.21. The Morgan fingerprint density at radius 3 is 2.60 bits per heavy atom. The van der Waals surface area contributed by atoms with Crippen molar-refractivity contribution in [1.82, 2.24) is 5.32 Å². The van der Waals surface area contributed by atoms with E-state index in [2.05, 4.69) is 44.4 Å². The fourth-order valence-electron chi connectivity index (χ4n) is 2.81. The van der Waals surface area contributed by atoms with E-state index in [0.29, 0.717) is 0 Å².